The van der Waals surface area contributed by atoms with Crippen molar-refractivity contribution in [2.45, 2.75) is 152 Å². The highest BCUT2D eigenvalue weighted by Gasteiger charge is 2.36. The van der Waals surface area contributed by atoms with Gasteiger partial charge in [-0.05, 0) is 74.3 Å². The number of hydrogen-bond donors (Lipinski definition) is 19. The molecule has 0 bridgehead atoms. The molecule has 0 unspecified atom stereocenters. The summed E-state index contributed by atoms with van der Waals surface area (Å²) >= 11 is 4.26. The summed E-state index contributed by atoms with van der Waals surface area (Å²) in [5.41, 5.74) is 31.2. The average molecular weight is 1370 g/mol. The highest BCUT2D eigenvalue weighted by atomic mass is 32.1. The van der Waals surface area contributed by atoms with Crippen LogP contribution in [0, 0.1) is 5.92 Å². The van der Waals surface area contributed by atoms with Crippen LogP contribution in [0.25, 0.3) is 21.8 Å². The van der Waals surface area contributed by atoms with E-state index in [2.05, 4.69) is 80.8 Å². The number of rotatable bonds is 40. The molecule has 2 aromatic heterocycles. The Kier molecular flexibility index (Phi) is 30.3. The van der Waals surface area contributed by atoms with Crippen molar-refractivity contribution in [2.24, 2.45) is 39.6 Å². The van der Waals surface area contributed by atoms with Gasteiger partial charge in [-0.25, -0.2) is 0 Å². The molecule has 97 heavy (non-hydrogen) atoms. The van der Waals surface area contributed by atoms with E-state index in [0.717, 1.165) is 21.8 Å². The fourth-order valence-electron chi connectivity index (χ4n) is 10.1. The minimum absolute atomic E-state index is 0.0450. The van der Waals surface area contributed by atoms with Gasteiger partial charge in [-0.1, -0.05) is 87.0 Å². The van der Waals surface area contributed by atoms with Gasteiger partial charge < -0.3 is 96.9 Å². The highest BCUT2D eigenvalue weighted by molar-refractivity contribution is 7.80. The lowest BCUT2D eigenvalue weighted by Crippen LogP contribution is -2.60. The van der Waals surface area contributed by atoms with Gasteiger partial charge in [-0.3, -0.25) is 67.3 Å². The number of fused-ring (bicyclic) bond motifs is 2. The Morgan fingerprint density at radius 2 is 0.969 bits per heavy atom. The van der Waals surface area contributed by atoms with Crippen LogP contribution in [-0.4, -0.2) is 177 Å². The van der Waals surface area contributed by atoms with Gasteiger partial charge in [0.2, 0.25) is 70.9 Å². The molecular weight excluding hydrogens is 1280 g/mol. The van der Waals surface area contributed by atoms with Crippen molar-refractivity contribution < 1.29 is 67.4 Å². The van der Waals surface area contributed by atoms with Crippen LogP contribution in [0.2, 0.25) is 0 Å². The van der Waals surface area contributed by atoms with Gasteiger partial charge >= 0.3 is 5.97 Å². The zero-order valence-corrected chi connectivity index (χ0v) is 55.1. The van der Waals surface area contributed by atoms with Crippen LogP contribution >= 0.6 is 12.6 Å². The number of hydrogen-bond acceptors (Lipinski definition) is 16. The maximum Gasteiger partial charge on any atom is 0.303 e. The standard InChI is InChI=1S/C64H88N18O14S/c1-5-33(2)53(63(96)77-43(20-13-25-70-64(68)69)57(90)75-44(21-23-50(66)83)58(91)76-45(22-24-52(85)86)59(92)78-46(54(67)87)26-36-14-7-6-8-15-36)82-51(84)31-73-56(89)35(4)74-60(93)47(27-37-29-71-41-18-11-9-16-39(37)41)79-61(94)48(28-38-30-72-42-19-12-10-17-40(38)42)80-62(95)49(32-97)81-55(88)34(3)65/h6-12,14-19,29-30,33-35,43-49,53,71-72,97H,5,13,20-28,31-32,65H2,1-4H3,(H2,66,83)(H2,67,87)(H,73,89)(H,74,93)(H,75,90)(H,76,91)(H,77,96)(H,78,92)(H,79,94)(H,80,95)(H,81,88)(H,82,84)(H,85,86)(H4,68,69,70)/t33-,34-,35-,43-,44-,45-,46-,47-,48-,49-,53-/m0/s1. The average Bonchev–Trinajstić information content (AvgIpc) is 1.72. The van der Waals surface area contributed by atoms with Gasteiger partial charge in [-0.15, -0.1) is 0 Å². The lowest BCUT2D eigenvalue weighted by Gasteiger charge is -2.28. The molecule has 12 amide bonds. The largest absolute Gasteiger partial charge is 0.481 e. The summed E-state index contributed by atoms with van der Waals surface area (Å²) in [5, 5.41) is 36.6. The maximum absolute atomic E-state index is 14.6. The highest BCUT2D eigenvalue weighted by Crippen LogP contribution is 2.22. The second-order valence-electron chi connectivity index (χ2n) is 23.4. The lowest BCUT2D eigenvalue weighted by atomic mass is 9.97. The Labute approximate surface area is 564 Å². The van der Waals surface area contributed by atoms with Crippen LogP contribution in [0.15, 0.2) is 96.2 Å². The zero-order valence-electron chi connectivity index (χ0n) is 54.2. The molecule has 0 aliphatic heterocycles. The quantitative estimate of drug-likeness (QED) is 0.00813. The Morgan fingerprint density at radius 3 is 1.46 bits per heavy atom. The molecule has 11 atom stereocenters. The second-order valence-corrected chi connectivity index (χ2v) is 23.7. The predicted octanol–water partition coefficient (Wildman–Crippen LogP) is -2.83. The number of nitrogens with one attached hydrogen (secondary N) is 12. The van der Waals surface area contributed by atoms with E-state index in [0.29, 0.717) is 16.7 Å². The summed E-state index contributed by atoms with van der Waals surface area (Å²) < 4.78 is 0. The summed E-state index contributed by atoms with van der Waals surface area (Å²) in [6.07, 6.45) is 1.09. The van der Waals surface area contributed by atoms with Crippen LogP contribution in [-0.2, 0) is 81.6 Å². The van der Waals surface area contributed by atoms with Gasteiger partial charge in [0.25, 0.3) is 0 Å². The molecule has 33 heteroatoms. The van der Waals surface area contributed by atoms with Crippen molar-refractivity contribution in [3.05, 3.63) is 108 Å². The molecule has 23 N–H and O–H groups in total. The van der Waals surface area contributed by atoms with Crippen LogP contribution in [0.3, 0.4) is 0 Å². The molecule has 0 aliphatic rings. The number of aromatic amines is 2. The number of H-pyrrole nitrogens is 2. The number of carbonyl (C=O) groups excluding carboxylic acids is 12. The first-order valence-corrected chi connectivity index (χ1v) is 32.1. The summed E-state index contributed by atoms with van der Waals surface area (Å²) in [6.45, 7) is 5.29. The monoisotopic (exact) mass is 1360 g/mol. The van der Waals surface area contributed by atoms with Gasteiger partial charge in [0, 0.05) is 78.6 Å². The summed E-state index contributed by atoms with van der Waals surface area (Å²) in [5.74, 6) is -13.1. The van der Waals surface area contributed by atoms with Gasteiger partial charge in [0.05, 0.1) is 12.6 Å². The van der Waals surface area contributed by atoms with E-state index in [-0.39, 0.29) is 56.8 Å². The van der Waals surface area contributed by atoms with Crippen molar-refractivity contribution in [1.29, 1.82) is 0 Å². The van der Waals surface area contributed by atoms with Gasteiger partial charge in [-0.2, -0.15) is 12.6 Å². The number of carboxylic acid groups (broad SMARTS) is 1. The van der Waals surface area contributed by atoms with E-state index in [1.54, 1.807) is 80.8 Å². The first-order valence-electron chi connectivity index (χ1n) is 31.4. The van der Waals surface area contributed by atoms with Gasteiger partial charge in [0.15, 0.2) is 5.96 Å². The normalized spacial score (nSPS) is 14.5. The number of aliphatic carboxylic acids is 1. The lowest BCUT2D eigenvalue weighted by molar-refractivity contribution is -0.138. The Morgan fingerprint density at radius 1 is 0.515 bits per heavy atom. The van der Waals surface area contributed by atoms with E-state index >= 15 is 0 Å². The molecule has 32 nitrogen and oxygen atoms in total. The smallest absolute Gasteiger partial charge is 0.303 e. The fraction of sp³-hybridized carbons (Fsp3) is 0.438. The third-order valence-corrected chi connectivity index (χ3v) is 16.2. The fourth-order valence-corrected chi connectivity index (χ4v) is 10.4. The number of benzene rings is 3. The Bertz CT molecular complexity index is 3630. The number of carboxylic acids is 1. The molecule has 0 radical (unpaired) electrons. The molecule has 2 heterocycles. The molecule has 0 fully saturated rings. The number of amides is 12. The molecule has 5 rings (SSSR count). The molecule has 3 aromatic carbocycles. The molecule has 0 saturated heterocycles. The topological polar surface area (TPSA) is 536 Å². The molecule has 524 valence electrons. The Hall–Kier alpha value is -10.6. The number of guanidine groups is 1. The minimum atomic E-state index is -1.66. The second kappa shape index (κ2) is 38.1. The van der Waals surface area contributed by atoms with E-state index in [9.17, 15) is 67.4 Å². The van der Waals surface area contributed by atoms with Crippen LogP contribution < -0.4 is 81.8 Å². The first-order chi connectivity index (χ1) is 46.1. The number of nitrogens with two attached hydrogens (primary N) is 5. The van der Waals surface area contributed by atoms with Crippen molar-refractivity contribution in [2.75, 3.05) is 18.8 Å². The van der Waals surface area contributed by atoms with Crippen LogP contribution in [0.1, 0.15) is 89.3 Å². The third kappa shape index (κ3) is 24.6. The van der Waals surface area contributed by atoms with E-state index in [1.807, 2.05) is 24.3 Å². The predicted molar refractivity (Wildman–Crippen MR) is 362 cm³/mol. The molecule has 0 aliphatic carbocycles. The minimum Gasteiger partial charge on any atom is -0.481 e. The zero-order chi connectivity index (χ0) is 71.5. The number of primary amides is 2. The number of aliphatic imine (C=N–C) groups is 1. The molecule has 0 saturated carbocycles. The van der Waals surface area contributed by atoms with E-state index in [1.165, 1.54) is 13.8 Å². The summed E-state index contributed by atoms with van der Waals surface area (Å²) in [6, 6.07) is 9.10. The van der Waals surface area contributed by atoms with E-state index in [4.69, 9.17) is 28.7 Å². The SMILES string of the molecule is CC[C@H](C)[C@H](NC(=O)CNC(=O)[C@H](C)NC(=O)[C@H](Cc1c[nH]c2ccccc12)NC(=O)[C@H](Cc1c[nH]c2ccccc12)NC(=O)[C@H](CS)NC(=O)[C@H](C)N)C(=O)N[C@@H](CCCN=C(N)N)C(=O)N[C@@H](CCC(N)=O)C(=O)N[C@@H](CCC(=O)O)C(=O)N[C@@H](Cc1ccccc1)C(N)=O. The summed E-state index contributed by atoms with van der Waals surface area (Å²) in [4.78, 5) is 186. The van der Waals surface area contributed by atoms with Gasteiger partial charge in [0.1, 0.15) is 54.4 Å². The number of nitrogens with zero attached hydrogens (tertiary/aromatic N) is 1. The van der Waals surface area contributed by atoms with Crippen molar-refractivity contribution in [1.82, 2.24) is 63.1 Å². The number of thiol groups is 1. The maximum atomic E-state index is 14.6. The number of para-hydroxylation sites is 2. The molecule has 0 spiro atoms. The van der Waals surface area contributed by atoms with Crippen molar-refractivity contribution in [3.63, 3.8) is 0 Å². The number of aromatic nitrogens is 2. The first kappa shape index (κ1) is 77.1. The Balaban J connectivity index is 1.32. The molecule has 5 aromatic rings. The van der Waals surface area contributed by atoms with Crippen LogP contribution in [0.4, 0.5) is 0 Å². The van der Waals surface area contributed by atoms with E-state index < -0.39 is 175 Å². The third-order valence-electron chi connectivity index (χ3n) is 15.8. The van der Waals surface area contributed by atoms with Crippen molar-refractivity contribution in [3.8, 4) is 0 Å². The number of carbonyl (C=O) groups is 13. The molecular formula is C64H88N18O14S. The van der Waals surface area contributed by atoms with Crippen LogP contribution in [0.5, 0.6) is 0 Å². The van der Waals surface area contributed by atoms with Crippen molar-refractivity contribution >= 4 is 117 Å². The summed E-state index contributed by atoms with van der Waals surface area (Å²) in [7, 11) is 0.